The molecule has 1 aromatic carbocycles. The molecule has 0 radical (unpaired) electrons. The highest BCUT2D eigenvalue weighted by Crippen LogP contribution is 2.38. The zero-order valence-electron chi connectivity index (χ0n) is 15.5. The normalized spacial score (nSPS) is 19.5. The number of piperidine rings is 1. The Labute approximate surface area is 152 Å². The largest absolute Gasteiger partial charge is 0.362 e. The van der Waals surface area contributed by atoms with Crippen LogP contribution in [0.4, 0.5) is 5.69 Å². The quantitative estimate of drug-likeness (QED) is 0.730. The van der Waals surface area contributed by atoms with E-state index in [-0.39, 0.29) is 0 Å². The maximum Gasteiger partial charge on any atom is 0.0456 e. The van der Waals surface area contributed by atoms with Crippen LogP contribution in [0, 0.1) is 5.92 Å². The van der Waals surface area contributed by atoms with Crippen LogP contribution < -0.4 is 5.32 Å². The van der Waals surface area contributed by atoms with E-state index in [1.54, 1.807) is 6.20 Å². The Morgan fingerprint density at radius 2 is 1.96 bits per heavy atom. The maximum atomic E-state index is 3.87. The van der Waals surface area contributed by atoms with Crippen molar-refractivity contribution in [3.63, 3.8) is 0 Å². The summed E-state index contributed by atoms with van der Waals surface area (Å²) in [5, 5.41) is 3.36. The van der Waals surface area contributed by atoms with Gasteiger partial charge in [0.05, 0.1) is 0 Å². The molecule has 2 heteroatoms. The molecular formula is C23H30N2. The van der Waals surface area contributed by atoms with Crippen LogP contribution in [-0.2, 0) is 0 Å². The number of hydrogen-bond acceptors (Lipinski definition) is 2. The molecule has 0 atom stereocenters. The number of benzene rings is 1. The van der Waals surface area contributed by atoms with Gasteiger partial charge in [-0.3, -0.25) is 0 Å². The zero-order valence-corrected chi connectivity index (χ0v) is 15.5. The molecular weight excluding hydrogens is 304 g/mol. The van der Waals surface area contributed by atoms with E-state index in [2.05, 4.69) is 79.3 Å². The Bertz CT molecular complexity index is 676. The number of hydrogen-bond donors (Lipinski definition) is 1. The summed E-state index contributed by atoms with van der Waals surface area (Å²) < 4.78 is 0. The van der Waals surface area contributed by atoms with Crippen LogP contribution >= 0.6 is 0 Å². The summed E-state index contributed by atoms with van der Waals surface area (Å²) >= 11 is 0. The summed E-state index contributed by atoms with van der Waals surface area (Å²) in [6.07, 6.45) is 16.6. The summed E-state index contributed by atoms with van der Waals surface area (Å²) in [6, 6.07) is 6.83. The predicted molar refractivity (Wildman–Crippen MR) is 110 cm³/mol. The van der Waals surface area contributed by atoms with Gasteiger partial charge in [-0.2, -0.15) is 0 Å². The summed E-state index contributed by atoms with van der Waals surface area (Å²) in [6.45, 7) is 8.47. The first-order valence-electron chi connectivity index (χ1n) is 9.48. The van der Waals surface area contributed by atoms with Crippen molar-refractivity contribution in [3.05, 3.63) is 72.5 Å². The van der Waals surface area contributed by atoms with Crippen molar-refractivity contribution in [1.82, 2.24) is 4.90 Å². The van der Waals surface area contributed by atoms with E-state index in [1.165, 1.54) is 48.3 Å². The Kier molecular flexibility index (Phi) is 5.93. The zero-order chi connectivity index (χ0) is 17.6. The predicted octanol–water partition coefficient (Wildman–Crippen LogP) is 5.59. The monoisotopic (exact) mass is 334 g/mol. The molecule has 3 rings (SSSR count). The maximum absolute atomic E-state index is 3.87. The van der Waals surface area contributed by atoms with Crippen molar-refractivity contribution in [2.75, 3.05) is 25.5 Å². The molecule has 2 nitrogen and oxygen atoms in total. The highest BCUT2D eigenvalue weighted by atomic mass is 15.1. The molecule has 0 amide bonds. The number of nitrogens with zero attached hydrogens (tertiary/aromatic N) is 1. The van der Waals surface area contributed by atoms with E-state index in [0.29, 0.717) is 11.8 Å². The minimum Gasteiger partial charge on any atom is -0.362 e. The van der Waals surface area contributed by atoms with Gasteiger partial charge >= 0.3 is 0 Å². The molecule has 25 heavy (non-hydrogen) atoms. The Morgan fingerprint density at radius 3 is 2.60 bits per heavy atom. The first-order chi connectivity index (χ1) is 12.2. The van der Waals surface area contributed by atoms with Crippen LogP contribution in [0.25, 0.3) is 5.57 Å². The van der Waals surface area contributed by atoms with E-state index in [1.807, 2.05) is 0 Å². The van der Waals surface area contributed by atoms with Crippen molar-refractivity contribution in [1.29, 1.82) is 0 Å². The first kappa shape index (κ1) is 17.8. The molecule has 0 spiro atoms. The summed E-state index contributed by atoms with van der Waals surface area (Å²) in [7, 11) is 2.23. The van der Waals surface area contributed by atoms with Gasteiger partial charge in [-0.25, -0.2) is 0 Å². The van der Waals surface area contributed by atoms with Crippen LogP contribution in [0.5, 0.6) is 0 Å². The molecule has 1 aliphatic carbocycles. The summed E-state index contributed by atoms with van der Waals surface area (Å²) in [5.41, 5.74) is 5.39. The lowest BCUT2D eigenvalue weighted by Gasteiger charge is -2.32. The van der Waals surface area contributed by atoms with Crippen LogP contribution in [0.15, 0.2) is 61.4 Å². The third-order valence-electron chi connectivity index (χ3n) is 5.33. The van der Waals surface area contributed by atoms with Crippen LogP contribution in [0.3, 0.4) is 0 Å². The minimum absolute atomic E-state index is 0.400. The second-order valence-electron chi connectivity index (χ2n) is 7.09. The number of nitrogens with one attached hydrogen (secondary N) is 1. The standard InChI is InChI=1S/C23H30N2/c1-4-8-21(19-13-15-25(3)16-14-19)22-17-20(18-9-6-7-10-18)11-12-23(22)24-5-2/h5-12,17-19,24H,2,4,13-16H2,1,3H3/b21-8-. The van der Waals surface area contributed by atoms with E-state index >= 15 is 0 Å². The molecule has 1 saturated heterocycles. The minimum atomic E-state index is 0.400. The SMILES string of the molecule is C=CNc1ccc(C2C=CC=C2)cc1/C(=C\CC)C1CCN(C)CC1. The molecule has 2 aliphatic rings. The van der Waals surface area contributed by atoms with E-state index in [9.17, 15) is 0 Å². The third kappa shape index (κ3) is 4.13. The van der Waals surface area contributed by atoms with Gasteiger partial charge in [0, 0.05) is 17.2 Å². The molecule has 0 unspecified atom stereocenters. The Hall–Kier alpha value is -2.06. The van der Waals surface area contributed by atoms with Crippen LogP contribution in [0.2, 0.25) is 0 Å². The topological polar surface area (TPSA) is 15.3 Å². The molecule has 1 aliphatic heterocycles. The number of rotatable bonds is 6. The average molecular weight is 335 g/mol. The number of allylic oxidation sites excluding steroid dienone is 6. The van der Waals surface area contributed by atoms with Crippen LogP contribution in [0.1, 0.15) is 43.2 Å². The molecule has 1 N–H and O–H groups in total. The molecule has 132 valence electrons. The number of likely N-dealkylation sites (tertiary alicyclic amines) is 1. The van der Waals surface area contributed by atoms with Crippen molar-refractivity contribution >= 4 is 11.3 Å². The number of anilines is 1. The highest BCUT2D eigenvalue weighted by molar-refractivity contribution is 5.79. The van der Waals surface area contributed by atoms with Gasteiger partial charge in [-0.05, 0) is 74.8 Å². The third-order valence-corrected chi connectivity index (χ3v) is 5.33. The fourth-order valence-electron chi connectivity index (χ4n) is 3.93. The summed E-state index contributed by atoms with van der Waals surface area (Å²) in [5.74, 6) is 1.04. The van der Waals surface area contributed by atoms with Crippen molar-refractivity contribution in [2.45, 2.75) is 32.1 Å². The van der Waals surface area contributed by atoms with Crippen molar-refractivity contribution in [2.24, 2.45) is 5.92 Å². The van der Waals surface area contributed by atoms with Crippen LogP contribution in [-0.4, -0.2) is 25.0 Å². The smallest absolute Gasteiger partial charge is 0.0456 e. The fourth-order valence-corrected chi connectivity index (χ4v) is 3.93. The Morgan fingerprint density at radius 1 is 1.24 bits per heavy atom. The highest BCUT2D eigenvalue weighted by Gasteiger charge is 2.23. The van der Waals surface area contributed by atoms with Gasteiger partial charge in [0.15, 0.2) is 0 Å². The van der Waals surface area contributed by atoms with Gasteiger partial charge in [0.25, 0.3) is 0 Å². The molecule has 1 fully saturated rings. The first-order valence-corrected chi connectivity index (χ1v) is 9.48. The second-order valence-corrected chi connectivity index (χ2v) is 7.09. The van der Waals surface area contributed by atoms with E-state index in [0.717, 1.165) is 6.42 Å². The van der Waals surface area contributed by atoms with Gasteiger partial charge in [-0.15, -0.1) is 0 Å². The molecule has 1 aromatic rings. The molecule has 0 aromatic heterocycles. The average Bonchev–Trinajstić information content (AvgIpc) is 3.16. The summed E-state index contributed by atoms with van der Waals surface area (Å²) in [4.78, 5) is 2.44. The van der Waals surface area contributed by atoms with Gasteiger partial charge in [0.2, 0.25) is 0 Å². The van der Waals surface area contributed by atoms with Gasteiger partial charge in [-0.1, -0.05) is 49.9 Å². The lowest BCUT2D eigenvalue weighted by atomic mass is 9.82. The lowest BCUT2D eigenvalue weighted by Crippen LogP contribution is -2.30. The van der Waals surface area contributed by atoms with Gasteiger partial charge < -0.3 is 10.2 Å². The molecule has 1 heterocycles. The fraction of sp³-hybridized carbons (Fsp3) is 0.391. The van der Waals surface area contributed by atoms with Crippen molar-refractivity contribution < 1.29 is 0 Å². The molecule has 0 saturated carbocycles. The van der Waals surface area contributed by atoms with E-state index < -0.39 is 0 Å². The van der Waals surface area contributed by atoms with Gasteiger partial charge in [0.1, 0.15) is 0 Å². The van der Waals surface area contributed by atoms with Crippen molar-refractivity contribution in [3.8, 4) is 0 Å². The Balaban J connectivity index is 1.98. The molecule has 0 bridgehead atoms. The lowest BCUT2D eigenvalue weighted by molar-refractivity contribution is 0.248. The van der Waals surface area contributed by atoms with E-state index in [4.69, 9.17) is 0 Å². The second kappa shape index (κ2) is 8.35.